The van der Waals surface area contributed by atoms with Crippen LogP contribution in [0.4, 0.5) is 16.2 Å². The van der Waals surface area contributed by atoms with Gasteiger partial charge in [-0.3, -0.25) is 19.7 Å². The van der Waals surface area contributed by atoms with E-state index in [4.69, 9.17) is 16.0 Å². The molecule has 0 N–H and O–H groups in total. The van der Waals surface area contributed by atoms with E-state index < -0.39 is 16.1 Å². The quantitative estimate of drug-likeness (QED) is 0.278. The standard InChI is InChI=1S/C21H13ClN2O5S/c1-12-2-8-16(17(10-12)24(27)28)18-9-7-15(29-18)11-19-20(25)23(21(26)30-19)14-5-3-13(22)4-6-14/h2-11H,1H3/b19-11+. The van der Waals surface area contributed by atoms with Gasteiger partial charge in [-0.2, -0.15) is 0 Å². The number of hydrogen-bond donors (Lipinski definition) is 0. The lowest BCUT2D eigenvalue weighted by atomic mass is 10.1. The van der Waals surface area contributed by atoms with Crippen molar-refractivity contribution >= 4 is 52.0 Å². The Hall–Kier alpha value is -3.36. The number of anilines is 1. The van der Waals surface area contributed by atoms with Crippen molar-refractivity contribution in [2.75, 3.05) is 4.90 Å². The normalized spacial score (nSPS) is 15.3. The van der Waals surface area contributed by atoms with Gasteiger partial charge in [0.05, 0.1) is 21.1 Å². The summed E-state index contributed by atoms with van der Waals surface area (Å²) in [5, 5.41) is 11.4. The molecule has 1 aliphatic heterocycles. The van der Waals surface area contributed by atoms with Crippen LogP contribution in [0, 0.1) is 17.0 Å². The largest absolute Gasteiger partial charge is 0.456 e. The van der Waals surface area contributed by atoms with E-state index in [0.717, 1.165) is 22.2 Å². The van der Waals surface area contributed by atoms with Crippen LogP contribution in [0.3, 0.4) is 0 Å². The smallest absolute Gasteiger partial charge is 0.298 e. The topological polar surface area (TPSA) is 93.7 Å². The van der Waals surface area contributed by atoms with Crippen LogP contribution in [-0.2, 0) is 4.79 Å². The SMILES string of the molecule is Cc1ccc(-c2ccc(/C=C3/SC(=O)N(c4ccc(Cl)cc4)C3=O)o2)c([N+](=O)[O-])c1. The van der Waals surface area contributed by atoms with Crippen LogP contribution in [0.25, 0.3) is 17.4 Å². The zero-order chi connectivity index (χ0) is 21.4. The van der Waals surface area contributed by atoms with Gasteiger partial charge in [-0.05, 0) is 66.7 Å². The fraction of sp³-hybridized carbons (Fsp3) is 0.0476. The maximum atomic E-state index is 12.7. The molecular weight excluding hydrogens is 428 g/mol. The molecule has 0 spiro atoms. The van der Waals surface area contributed by atoms with Crippen molar-refractivity contribution in [3.05, 3.63) is 86.0 Å². The molecule has 0 radical (unpaired) electrons. The molecule has 30 heavy (non-hydrogen) atoms. The van der Waals surface area contributed by atoms with Crippen LogP contribution in [-0.4, -0.2) is 16.1 Å². The van der Waals surface area contributed by atoms with Gasteiger partial charge in [0.25, 0.3) is 16.8 Å². The number of nitro groups is 1. The fourth-order valence-corrected chi connectivity index (χ4v) is 3.93. The van der Waals surface area contributed by atoms with Gasteiger partial charge < -0.3 is 4.42 Å². The summed E-state index contributed by atoms with van der Waals surface area (Å²) in [4.78, 5) is 37.2. The number of benzene rings is 2. The molecule has 0 unspecified atom stereocenters. The predicted molar refractivity (Wildman–Crippen MR) is 115 cm³/mol. The third-order valence-corrected chi connectivity index (χ3v) is 5.52. The van der Waals surface area contributed by atoms with Crippen molar-refractivity contribution in [2.45, 2.75) is 6.92 Å². The van der Waals surface area contributed by atoms with E-state index in [2.05, 4.69) is 0 Å². The van der Waals surface area contributed by atoms with Gasteiger partial charge in [-0.1, -0.05) is 17.7 Å². The third-order valence-electron chi connectivity index (χ3n) is 4.39. The number of carbonyl (C=O) groups excluding carboxylic acids is 2. The first-order valence-corrected chi connectivity index (χ1v) is 9.92. The summed E-state index contributed by atoms with van der Waals surface area (Å²) in [5.74, 6) is 0.123. The number of amides is 2. The Kier molecular flexibility index (Phi) is 5.19. The molecule has 1 fully saturated rings. The summed E-state index contributed by atoms with van der Waals surface area (Å²) in [6, 6.07) is 14.4. The molecule has 0 aliphatic carbocycles. The highest BCUT2D eigenvalue weighted by molar-refractivity contribution is 8.19. The van der Waals surface area contributed by atoms with E-state index in [1.807, 2.05) is 0 Å². The van der Waals surface area contributed by atoms with Gasteiger partial charge in [0, 0.05) is 17.2 Å². The molecular formula is C21H13ClN2O5S. The predicted octanol–water partition coefficient (Wildman–Crippen LogP) is 6.06. The van der Waals surface area contributed by atoms with E-state index in [1.54, 1.807) is 55.5 Å². The lowest BCUT2D eigenvalue weighted by Crippen LogP contribution is -2.27. The summed E-state index contributed by atoms with van der Waals surface area (Å²) in [7, 11) is 0. The highest BCUT2D eigenvalue weighted by Gasteiger charge is 2.36. The van der Waals surface area contributed by atoms with E-state index in [0.29, 0.717) is 27.8 Å². The third kappa shape index (κ3) is 3.74. The Morgan fingerprint density at radius 2 is 1.83 bits per heavy atom. The second-order valence-corrected chi connectivity index (χ2v) is 7.90. The summed E-state index contributed by atoms with van der Waals surface area (Å²) in [6.45, 7) is 1.77. The number of imide groups is 1. The molecule has 150 valence electrons. The number of carbonyl (C=O) groups is 2. The van der Waals surface area contributed by atoms with Crippen LogP contribution in [0.2, 0.25) is 5.02 Å². The first kappa shape index (κ1) is 19.9. The van der Waals surface area contributed by atoms with Crippen LogP contribution in [0.15, 0.2) is 63.9 Å². The average molecular weight is 441 g/mol. The van der Waals surface area contributed by atoms with Gasteiger partial charge in [0.2, 0.25) is 0 Å². The number of rotatable bonds is 4. The Morgan fingerprint density at radius 3 is 2.53 bits per heavy atom. The van der Waals surface area contributed by atoms with Gasteiger partial charge in [-0.15, -0.1) is 0 Å². The summed E-state index contributed by atoms with van der Waals surface area (Å²) >= 11 is 6.65. The van der Waals surface area contributed by atoms with Crippen LogP contribution in [0.5, 0.6) is 0 Å². The van der Waals surface area contributed by atoms with Gasteiger partial charge in [0.1, 0.15) is 11.5 Å². The molecule has 2 heterocycles. The second-order valence-electron chi connectivity index (χ2n) is 6.47. The minimum atomic E-state index is -0.480. The maximum Gasteiger partial charge on any atom is 0.298 e. The van der Waals surface area contributed by atoms with Crippen molar-refractivity contribution in [3.8, 4) is 11.3 Å². The molecule has 3 aromatic rings. The number of halogens is 1. The molecule has 0 atom stereocenters. The van der Waals surface area contributed by atoms with Gasteiger partial charge in [0.15, 0.2) is 0 Å². The maximum absolute atomic E-state index is 12.7. The molecule has 1 aliphatic rings. The lowest BCUT2D eigenvalue weighted by Gasteiger charge is -2.11. The number of thioether (sulfide) groups is 1. The van der Waals surface area contributed by atoms with Crippen LogP contribution < -0.4 is 4.90 Å². The molecule has 0 bridgehead atoms. The minimum absolute atomic E-state index is 0.0704. The summed E-state index contributed by atoms with van der Waals surface area (Å²) in [6.07, 6.45) is 1.45. The monoisotopic (exact) mass is 440 g/mol. The van der Waals surface area contributed by atoms with E-state index in [-0.39, 0.29) is 10.6 Å². The Morgan fingerprint density at radius 1 is 1.10 bits per heavy atom. The number of nitro benzene ring substituents is 1. The summed E-state index contributed by atoms with van der Waals surface area (Å²) in [5.41, 5.74) is 1.44. The van der Waals surface area contributed by atoms with Gasteiger partial charge >= 0.3 is 0 Å². The van der Waals surface area contributed by atoms with E-state index in [1.165, 1.54) is 12.1 Å². The van der Waals surface area contributed by atoms with Crippen LogP contribution >= 0.6 is 23.4 Å². The minimum Gasteiger partial charge on any atom is -0.456 e. The zero-order valence-corrected chi connectivity index (χ0v) is 17.1. The average Bonchev–Trinajstić information content (AvgIpc) is 3.27. The van der Waals surface area contributed by atoms with Crippen LogP contribution in [0.1, 0.15) is 11.3 Å². The number of furan rings is 1. The molecule has 2 amide bonds. The molecule has 4 rings (SSSR count). The molecule has 9 heteroatoms. The summed E-state index contributed by atoms with van der Waals surface area (Å²) < 4.78 is 5.71. The number of aryl methyl sites for hydroxylation is 1. The molecule has 1 saturated heterocycles. The van der Waals surface area contributed by atoms with Crippen molar-refractivity contribution < 1.29 is 18.9 Å². The number of nitrogens with zero attached hydrogens (tertiary/aromatic N) is 2. The van der Waals surface area contributed by atoms with Crippen molar-refractivity contribution in [3.63, 3.8) is 0 Å². The first-order chi connectivity index (χ1) is 14.3. The molecule has 7 nitrogen and oxygen atoms in total. The zero-order valence-electron chi connectivity index (χ0n) is 15.5. The van der Waals surface area contributed by atoms with Crippen molar-refractivity contribution in [2.24, 2.45) is 0 Å². The Labute approximate surface area is 180 Å². The fourth-order valence-electron chi connectivity index (χ4n) is 2.99. The van der Waals surface area contributed by atoms with Crippen molar-refractivity contribution in [1.82, 2.24) is 0 Å². The highest BCUT2D eigenvalue weighted by Crippen LogP contribution is 2.37. The van der Waals surface area contributed by atoms with Crippen molar-refractivity contribution in [1.29, 1.82) is 0 Å². The Bertz CT molecular complexity index is 1220. The van der Waals surface area contributed by atoms with Gasteiger partial charge in [-0.25, -0.2) is 4.90 Å². The second kappa shape index (κ2) is 7.81. The van der Waals surface area contributed by atoms with E-state index in [9.17, 15) is 19.7 Å². The highest BCUT2D eigenvalue weighted by atomic mass is 35.5. The molecule has 2 aromatic carbocycles. The Balaban J connectivity index is 1.64. The van der Waals surface area contributed by atoms with E-state index >= 15 is 0 Å². The lowest BCUT2D eigenvalue weighted by molar-refractivity contribution is -0.384. The number of hydrogen-bond acceptors (Lipinski definition) is 6. The molecule has 1 aromatic heterocycles. The molecule has 0 saturated carbocycles. The first-order valence-electron chi connectivity index (χ1n) is 8.72.